The molecule has 0 unspecified atom stereocenters. The SMILES string of the molecule is CC(C)c1ccccc1NCC(=O)Nc1ccc(CCC(=O)N(C)C)cc1. The summed E-state index contributed by atoms with van der Waals surface area (Å²) < 4.78 is 0. The van der Waals surface area contributed by atoms with Crippen molar-refractivity contribution in [3.8, 4) is 0 Å². The van der Waals surface area contributed by atoms with E-state index in [1.165, 1.54) is 5.56 Å². The van der Waals surface area contributed by atoms with Crippen LogP contribution in [0.4, 0.5) is 11.4 Å². The van der Waals surface area contributed by atoms with Gasteiger partial charge in [-0.2, -0.15) is 0 Å². The Morgan fingerprint density at radius 2 is 1.67 bits per heavy atom. The van der Waals surface area contributed by atoms with Gasteiger partial charge in [0.05, 0.1) is 6.54 Å². The predicted octanol–water partition coefficient (Wildman–Crippen LogP) is 3.88. The first kappa shape index (κ1) is 20.5. The molecule has 5 nitrogen and oxygen atoms in total. The summed E-state index contributed by atoms with van der Waals surface area (Å²) in [4.78, 5) is 25.5. The van der Waals surface area contributed by atoms with E-state index < -0.39 is 0 Å². The van der Waals surface area contributed by atoms with E-state index >= 15 is 0 Å². The molecule has 5 heteroatoms. The number of hydrogen-bond donors (Lipinski definition) is 2. The molecule has 0 radical (unpaired) electrons. The standard InChI is InChI=1S/C22H29N3O2/c1-16(2)19-7-5-6-8-20(19)23-15-21(26)24-18-12-9-17(10-13-18)11-14-22(27)25(3)4/h5-10,12-13,16,23H,11,14-15H2,1-4H3,(H,24,26). The van der Waals surface area contributed by atoms with Gasteiger partial charge < -0.3 is 15.5 Å². The van der Waals surface area contributed by atoms with Crippen molar-refractivity contribution in [1.29, 1.82) is 0 Å². The summed E-state index contributed by atoms with van der Waals surface area (Å²) >= 11 is 0. The molecule has 0 heterocycles. The Bertz CT molecular complexity index is 767. The van der Waals surface area contributed by atoms with Crippen LogP contribution in [-0.4, -0.2) is 37.4 Å². The second-order valence-electron chi connectivity index (χ2n) is 7.13. The van der Waals surface area contributed by atoms with Gasteiger partial charge in [-0.15, -0.1) is 0 Å². The minimum atomic E-state index is -0.0934. The maximum Gasteiger partial charge on any atom is 0.243 e. The number of carbonyl (C=O) groups is 2. The van der Waals surface area contributed by atoms with E-state index in [2.05, 4.69) is 30.5 Å². The summed E-state index contributed by atoms with van der Waals surface area (Å²) in [5.41, 5.74) is 4.01. The molecule has 0 saturated carbocycles. The van der Waals surface area contributed by atoms with E-state index in [1.54, 1.807) is 19.0 Å². The zero-order valence-corrected chi connectivity index (χ0v) is 16.6. The zero-order valence-electron chi connectivity index (χ0n) is 16.6. The topological polar surface area (TPSA) is 61.4 Å². The second-order valence-corrected chi connectivity index (χ2v) is 7.13. The van der Waals surface area contributed by atoms with Crippen LogP contribution in [0.5, 0.6) is 0 Å². The minimum absolute atomic E-state index is 0.0934. The monoisotopic (exact) mass is 367 g/mol. The van der Waals surface area contributed by atoms with Gasteiger partial charge in [-0.3, -0.25) is 9.59 Å². The molecule has 0 saturated heterocycles. The molecule has 2 aromatic rings. The van der Waals surface area contributed by atoms with Gasteiger partial charge in [0.25, 0.3) is 0 Å². The third-order valence-electron chi connectivity index (χ3n) is 4.39. The maximum absolute atomic E-state index is 12.2. The average Bonchev–Trinajstić information content (AvgIpc) is 2.65. The highest BCUT2D eigenvalue weighted by molar-refractivity contribution is 5.93. The van der Waals surface area contributed by atoms with E-state index in [4.69, 9.17) is 0 Å². The van der Waals surface area contributed by atoms with E-state index in [1.807, 2.05) is 42.5 Å². The van der Waals surface area contributed by atoms with Gasteiger partial charge in [0.2, 0.25) is 11.8 Å². The Hall–Kier alpha value is -2.82. The fraction of sp³-hybridized carbons (Fsp3) is 0.364. The molecule has 2 rings (SSSR count). The lowest BCUT2D eigenvalue weighted by Gasteiger charge is -2.14. The third kappa shape index (κ3) is 6.44. The first-order chi connectivity index (χ1) is 12.9. The Morgan fingerprint density at radius 3 is 2.30 bits per heavy atom. The number of carbonyl (C=O) groups excluding carboxylic acids is 2. The number of nitrogens with one attached hydrogen (secondary N) is 2. The Kier molecular flexibility index (Phi) is 7.41. The van der Waals surface area contributed by atoms with Crippen molar-refractivity contribution in [2.24, 2.45) is 0 Å². The van der Waals surface area contributed by atoms with Gasteiger partial charge in [0, 0.05) is 31.9 Å². The molecule has 0 bridgehead atoms. The Balaban J connectivity index is 1.85. The molecule has 144 valence electrons. The molecule has 2 N–H and O–H groups in total. The number of amides is 2. The molecule has 2 aromatic carbocycles. The van der Waals surface area contributed by atoms with Gasteiger partial charge in [-0.05, 0) is 41.7 Å². The van der Waals surface area contributed by atoms with E-state index in [0.29, 0.717) is 18.8 Å². The van der Waals surface area contributed by atoms with E-state index in [-0.39, 0.29) is 18.4 Å². The lowest BCUT2D eigenvalue weighted by molar-refractivity contribution is -0.128. The van der Waals surface area contributed by atoms with Gasteiger partial charge in [0.15, 0.2) is 0 Å². The molecule has 0 aliphatic carbocycles. The van der Waals surface area contributed by atoms with E-state index in [9.17, 15) is 9.59 Å². The van der Waals surface area contributed by atoms with Gasteiger partial charge >= 0.3 is 0 Å². The quantitative estimate of drug-likeness (QED) is 0.744. The largest absolute Gasteiger partial charge is 0.376 e. The predicted molar refractivity (Wildman–Crippen MR) is 111 cm³/mol. The van der Waals surface area contributed by atoms with Crippen LogP contribution in [0.15, 0.2) is 48.5 Å². The zero-order chi connectivity index (χ0) is 19.8. The molecule has 0 aliphatic rings. The number of benzene rings is 2. The van der Waals surface area contributed by atoms with Crippen molar-refractivity contribution in [2.45, 2.75) is 32.6 Å². The van der Waals surface area contributed by atoms with Crippen LogP contribution in [0.2, 0.25) is 0 Å². The van der Waals surface area contributed by atoms with Crippen molar-refractivity contribution in [3.05, 3.63) is 59.7 Å². The van der Waals surface area contributed by atoms with Crippen LogP contribution in [0.3, 0.4) is 0 Å². The first-order valence-electron chi connectivity index (χ1n) is 9.28. The summed E-state index contributed by atoms with van der Waals surface area (Å²) in [7, 11) is 3.52. The second kappa shape index (κ2) is 9.76. The van der Waals surface area contributed by atoms with Crippen LogP contribution >= 0.6 is 0 Å². The molecular weight excluding hydrogens is 338 g/mol. The molecule has 2 amide bonds. The summed E-state index contributed by atoms with van der Waals surface area (Å²) in [6.45, 7) is 4.48. The smallest absolute Gasteiger partial charge is 0.243 e. The van der Waals surface area contributed by atoms with Gasteiger partial charge in [-0.25, -0.2) is 0 Å². The number of nitrogens with zero attached hydrogens (tertiary/aromatic N) is 1. The molecule has 0 aromatic heterocycles. The van der Waals surface area contributed by atoms with Crippen molar-refractivity contribution < 1.29 is 9.59 Å². The number of rotatable bonds is 8. The fourth-order valence-corrected chi connectivity index (χ4v) is 2.77. The van der Waals surface area contributed by atoms with Crippen molar-refractivity contribution >= 4 is 23.2 Å². The summed E-state index contributed by atoms with van der Waals surface area (Å²) in [6, 6.07) is 15.7. The minimum Gasteiger partial charge on any atom is -0.376 e. The Morgan fingerprint density at radius 1 is 1.00 bits per heavy atom. The highest BCUT2D eigenvalue weighted by Gasteiger charge is 2.08. The summed E-state index contributed by atoms with van der Waals surface area (Å²) in [6.07, 6.45) is 1.18. The highest BCUT2D eigenvalue weighted by atomic mass is 16.2. The Labute approximate surface area is 161 Å². The van der Waals surface area contributed by atoms with Crippen LogP contribution < -0.4 is 10.6 Å². The number of para-hydroxylation sites is 1. The van der Waals surface area contributed by atoms with Crippen LogP contribution in [0.25, 0.3) is 0 Å². The third-order valence-corrected chi connectivity index (χ3v) is 4.39. The van der Waals surface area contributed by atoms with Crippen molar-refractivity contribution in [2.75, 3.05) is 31.3 Å². The molecule has 0 atom stereocenters. The fourth-order valence-electron chi connectivity index (χ4n) is 2.77. The van der Waals surface area contributed by atoms with Crippen molar-refractivity contribution in [1.82, 2.24) is 4.90 Å². The normalized spacial score (nSPS) is 10.6. The number of aryl methyl sites for hydroxylation is 1. The molecule has 0 aliphatic heterocycles. The van der Waals surface area contributed by atoms with Gasteiger partial charge in [-0.1, -0.05) is 44.2 Å². The number of hydrogen-bond acceptors (Lipinski definition) is 3. The molecule has 27 heavy (non-hydrogen) atoms. The van der Waals surface area contributed by atoms with Gasteiger partial charge in [0.1, 0.15) is 0 Å². The van der Waals surface area contributed by atoms with Crippen molar-refractivity contribution in [3.63, 3.8) is 0 Å². The first-order valence-corrected chi connectivity index (χ1v) is 9.28. The lowest BCUT2D eigenvalue weighted by atomic mass is 10.0. The molecular formula is C22H29N3O2. The van der Waals surface area contributed by atoms with Crippen LogP contribution in [0.1, 0.15) is 37.3 Å². The lowest BCUT2D eigenvalue weighted by Crippen LogP contribution is -2.22. The van der Waals surface area contributed by atoms with Crippen LogP contribution in [0, 0.1) is 0 Å². The average molecular weight is 367 g/mol. The number of anilines is 2. The van der Waals surface area contributed by atoms with Crippen LogP contribution in [-0.2, 0) is 16.0 Å². The molecule has 0 spiro atoms. The highest BCUT2D eigenvalue weighted by Crippen LogP contribution is 2.23. The maximum atomic E-state index is 12.2. The summed E-state index contributed by atoms with van der Waals surface area (Å²) in [5, 5.41) is 6.11. The molecule has 0 fully saturated rings. The summed E-state index contributed by atoms with van der Waals surface area (Å²) in [5.74, 6) is 0.410. The van der Waals surface area contributed by atoms with E-state index in [0.717, 1.165) is 16.9 Å².